The second-order valence-corrected chi connectivity index (χ2v) is 11.0. The van der Waals surface area contributed by atoms with E-state index < -0.39 is 29.5 Å². The van der Waals surface area contributed by atoms with Gasteiger partial charge in [-0.1, -0.05) is 18.1 Å². The number of alkyl halides is 2. The van der Waals surface area contributed by atoms with Crippen LogP contribution in [-0.2, 0) is 0 Å². The molecule has 2 aliphatic rings. The molecule has 2 fully saturated rings. The third-order valence-electron chi connectivity index (χ3n) is 7.85. The summed E-state index contributed by atoms with van der Waals surface area (Å²) in [5.74, 6) is 1.34. The lowest BCUT2D eigenvalue weighted by molar-refractivity contribution is -0.0118. The van der Waals surface area contributed by atoms with E-state index in [1.165, 1.54) is 17.2 Å². The number of fused-ring (bicyclic) bond motifs is 2. The van der Waals surface area contributed by atoms with Gasteiger partial charge in [0.2, 0.25) is 0 Å². The van der Waals surface area contributed by atoms with Crippen LogP contribution in [0.15, 0.2) is 30.5 Å². The van der Waals surface area contributed by atoms with Crippen molar-refractivity contribution in [3.05, 3.63) is 53.2 Å². The molecule has 1 saturated carbocycles. The number of piperidine rings is 1. The van der Waals surface area contributed by atoms with E-state index in [-0.39, 0.29) is 60.0 Å². The standard InChI is InChI=1S/C31H28F4N4O2/c1-3-5-20-23(32)7-6-19-12-18(2)13-21(24(19)20)26-25(33)27-22(14-36-26)28(39-11-4-8-31(34,35)15-39)38-29(37-27)41-17-30(16-40)9-10-30/h6-7,12-14,40H,4,8-11,15-17H2,1-2H3. The maximum atomic E-state index is 16.5. The lowest BCUT2D eigenvalue weighted by Gasteiger charge is -2.33. The van der Waals surface area contributed by atoms with Crippen LogP contribution in [0.25, 0.3) is 32.9 Å². The van der Waals surface area contributed by atoms with Crippen LogP contribution in [0.1, 0.15) is 43.7 Å². The summed E-state index contributed by atoms with van der Waals surface area (Å²) in [7, 11) is 0. The molecule has 6 rings (SSSR count). The van der Waals surface area contributed by atoms with Gasteiger partial charge in [-0.3, -0.25) is 4.98 Å². The summed E-state index contributed by atoms with van der Waals surface area (Å²) in [6, 6.07) is 6.33. The van der Waals surface area contributed by atoms with Crippen LogP contribution < -0.4 is 9.64 Å². The number of ether oxygens (including phenoxy) is 1. The molecule has 0 radical (unpaired) electrons. The van der Waals surface area contributed by atoms with Gasteiger partial charge in [-0.2, -0.15) is 9.97 Å². The van der Waals surface area contributed by atoms with Gasteiger partial charge in [-0.25, -0.2) is 17.6 Å². The van der Waals surface area contributed by atoms with Crippen LogP contribution in [0, 0.1) is 35.8 Å². The molecule has 212 valence electrons. The van der Waals surface area contributed by atoms with Crippen LogP contribution in [-0.4, -0.2) is 52.3 Å². The summed E-state index contributed by atoms with van der Waals surface area (Å²) < 4.78 is 66.1. The van der Waals surface area contributed by atoms with Gasteiger partial charge in [0.25, 0.3) is 5.92 Å². The number of anilines is 1. The van der Waals surface area contributed by atoms with Crippen LogP contribution >= 0.6 is 0 Å². The lowest BCUT2D eigenvalue weighted by atomic mass is 9.94. The van der Waals surface area contributed by atoms with Crippen molar-refractivity contribution in [2.75, 3.05) is 31.2 Å². The number of aliphatic hydroxyl groups excluding tert-OH is 1. The Balaban J connectivity index is 1.56. The molecule has 1 aliphatic carbocycles. The van der Waals surface area contributed by atoms with Crippen LogP contribution in [0.5, 0.6) is 6.01 Å². The summed E-state index contributed by atoms with van der Waals surface area (Å²) in [6.07, 6.45) is 2.90. The molecule has 4 aromatic rings. The lowest BCUT2D eigenvalue weighted by Crippen LogP contribution is -2.43. The molecule has 10 heteroatoms. The maximum absolute atomic E-state index is 16.5. The fraction of sp³-hybridized carbons (Fsp3) is 0.387. The highest BCUT2D eigenvalue weighted by atomic mass is 19.3. The van der Waals surface area contributed by atoms with E-state index >= 15 is 4.39 Å². The molecule has 1 aliphatic heterocycles. The summed E-state index contributed by atoms with van der Waals surface area (Å²) in [5, 5.41) is 10.9. The minimum atomic E-state index is -2.93. The largest absolute Gasteiger partial charge is 0.463 e. The molecule has 0 spiro atoms. The molecule has 6 nitrogen and oxygen atoms in total. The Kier molecular flexibility index (Phi) is 6.73. The molecule has 0 atom stereocenters. The van der Waals surface area contributed by atoms with E-state index in [0.29, 0.717) is 22.9 Å². The summed E-state index contributed by atoms with van der Waals surface area (Å²) in [5.41, 5.74) is 0.637. The predicted octanol–water partition coefficient (Wildman–Crippen LogP) is 6.19. The number of pyridine rings is 1. The molecule has 41 heavy (non-hydrogen) atoms. The van der Waals surface area contributed by atoms with Crippen molar-refractivity contribution in [2.24, 2.45) is 5.41 Å². The van der Waals surface area contributed by atoms with Crippen LogP contribution in [0.2, 0.25) is 0 Å². The van der Waals surface area contributed by atoms with Gasteiger partial charge in [0.15, 0.2) is 5.82 Å². The Bertz CT molecular complexity index is 1740. The van der Waals surface area contributed by atoms with Crippen molar-refractivity contribution in [1.82, 2.24) is 15.0 Å². The minimum absolute atomic E-state index is 0.0752. The smallest absolute Gasteiger partial charge is 0.319 e. The molecule has 2 aromatic heterocycles. The van der Waals surface area contributed by atoms with E-state index in [9.17, 15) is 18.3 Å². The molecule has 0 unspecified atom stereocenters. The van der Waals surface area contributed by atoms with Gasteiger partial charge in [-0.05, 0) is 56.2 Å². The zero-order valence-electron chi connectivity index (χ0n) is 22.7. The van der Waals surface area contributed by atoms with Gasteiger partial charge in [0, 0.05) is 35.5 Å². The second-order valence-electron chi connectivity index (χ2n) is 11.0. The fourth-order valence-electron chi connectivity index (χ4n) is 5.43. The monoisotopic (exact) mass is 564 g/mol. The zero-order valence-corrected chi connectivity index (χ0v) is 22.7. The molecule has 2 aromatic carbocycles. The van der Waals surface area contributed by atoms with E-state index in [0.717, 1.165) is 18.4 Å². The van der Waals surface area contributed by atoms with Crippen molar-refractivity contribution in [1.29, 1.82) is 0 Å². The van der Waals surface area contributed by atoms with Crippen molar-refractivity contribution in [3.8, 4) is 29.1 Å². The van der Waals surface area contributed by atoms with Crippen molar-refractivity contribution >= 4 is 27.5 Å². The average molecular weight is 565 g/mol. The normalized spacial score (nSPS) is 17.4. The summed E-state index contributed by atoms with van der Waals surface area (Å²) in [6.45, 7) is 3.19. The molecule has 0 bridgehead atoms. The highest BCUT2D eigenvalue weighted by Crippen LogP contribution is 2.45. The molecular weight excluding hydrogens is 536 g/mol. The molecule has 3 heterocycles. The maximum Gasteiger partial charge on any atom is 0.319 e. The van der Waals surface area contributed by atoms with E-state index in [2.05, 4.69) is 26.8 Å². The number of nitrogens with zero attached hydrogens (tertiary/aromatic N) is 4. The Hall–Kier alpha value is -3.97. The third-order valence-corrected chi connectivity index (χ3v) is 7.85. The predicted molar refractivity (Wildman–Crippen MR) is 148 cm³/mol. The number of halogens is 4. The van der Waals surface area contributed by atoms with Gasteiger partial charge >= 0.3 is 6.01 Å². The molecule has 1 saturated heterocycles. The topological polar surface area (TPSA) is 71.4 Å². The van der Waals surface area contributed by atoms with Crippen LogP contribution in [0.3, 0.4) is 0 Å². The first-order valence-electron chi connectivity index (χ1n) is 13.5. The Morgan fingerprint density at radius 1 is 1.12 bits per heavy atom. The summed E-state index contributed by atoms with van der Waals surface area (Å²) in [4.78, 5) is 14.6. The zero-order chi connectivity index (χ0) is 28.9. The quantitative estimate of drug-likeness (QED) is 0.223. The Labute approximate surface area is 234 Å². The fourth-order valence-corrected chi connectivity index (χ4v) is 5.43. The summed E-state index contributed by atoms with van der Waals surface area (Å²) >= 11 is 0. The highest BCUT2D eigenvalue weighted by molar-refractivity contribution is 6.02. The Morgan fingerprint density at radius 3 is 2.63 bits per heavy atom. The van der Waals surface area contributed by atoms with Gasteiger partial charge in [0.1, 0.15) is 22.8 Å². The number of aliphatic hydroxyl groups is 1. The van der Waals surface area contributed by atoms with Crippen molar-refractivity contribution < 1.29 is 27.4 Å². The number of aromatic nitrogens is 3. The van der Waals surface area contributed by atoms with Crippen molar-refractivity contribution in [3.63, 3.8) is 0 Å². The Morgan fingerprint density at radius 2 is 1.93 bits per heavy atom. The number of benzene rings is 2. The first kappa shape index (κ1) is 27.2. The average Bonchev–Trinajstić information content (AvgIpc) is 3.73. The molecular formula is C31H28F4N4O2. The number of hydrogen-bond donors (Lipinski definition) is 1. The van der Waals surface area contributed by atoms with E-state index in [1.807, 2.05) is 13.0 Å². The minimum Gasteiger partial charge on any atom is -0.463 e. The van der Waals surface area contributed by atoms with Gasteiger partial charge in [0.05, 0.1) is 30.7 Å². The number of hydrogen-bond acceptors (Lipinski definition) is 6. The first-order valence-corrected chi connectivity index (χ1v) is 13.5. The first-order chi connectivity index (χ1) is 19.6. The number of aryl methyl sites for hydroxylation is 1. The van der Waals surface area contributed by atoms with E-state index in [1.54, 1.807) is 19.1 Å². The third kappa shape index (κ3) is 5.04. The van der Waals surface area contributed by atoms with Crippen LogP contribution in [0.4, 0.5) is 23.4 Å². The van der Waals surface area contributed by atoms with Gasteiger partial charge < -0.3 is 14.7 Å². The van der Waals surface area contributed by atoms with E-state index in [4.69, 9.17) is 4.74 Å². The highest BCUT2D eigenvalue weighted by Gasteiger charge is 2.43. The van der Waals surface area contributed by atoms with Crippen molar-refractivity contribution in [2.45, 2.75) is 45.5 Å². The molecule has 1 N–H and O–H groups in total. The number of rotatable bonds is 6. The SMILES string of the molecule is CC#Cc1c(F)ccc2cc(C)cc(-c3ncc4c(N5CCCC(F)(F)C5)nc(OCC5(CO)CC5)nc4c3F)c12. The molecule has 0 amide bonds. The second kappa shape index (κ2) is 10.1. The van der Waals surface area contributed by atoms with Gasteiger partial charge in [-0.15, -0.1) is 5.92 Å².